The molecule has 1 N–H and O–H groups in total. The molecule has 0 radical (unpaired) electrons. The van der Waals surface area contributed by atoms with Gasteiger partial charge in [-0.15, -0.1) is 0 Å². The van der Waals surface area contributed by atoms with E-state index < -0.39 is 10.0 Å². The van der Waals surface area contributed by atoms with Crippen LogP contribution >= 0.6 is 0 Å². The topological polar surface area (TPSA) is 58.6 Å². The van der Waals surface area contributed by atoms with E-state index in [9.17, 15) is 8.42 Å². The maximum atomic E-state index is 12.0. The van der Waals surface area contributed by atoms with Crippen molar-refractivity contribution in [1.29, 1.82) is 0 Å². The minimum absolute atomic E-state index is 0.0870. The Morgan fingerprint density at radius 2 is 2.19 bits per heavy atom. The van der Waals surface area contributed by atoms with Crippen molar-refractivity contribution in [1.82, 2.24) is 9.62 Å². The van der Waals surface area contributed by atoms with E-state index in [4.69, 9.17) is 4.74 Å². The Bertz CT molecular complexity index is 290. The zero-order chi connectivity index (χ0) is 12.0. The quantitative estimate of drug-likeness (QED) is 0.723. The molecule has 96 valence electrons. The smallest absolute Gasteiger partial charge is 0.216 e. The molecule has 1 aliphatic rings. The van der Waals surface area contributed by atoms with E-state index in [-0.39, 0.29) is 18.4 Å². The lowest BCUT2D eigenvalue weighted by Crippen LogP contribution is -2.49. The molecular weight excluding hydrogens is 228 g/mol. The summed E-state index contributed by atoms with van der Waals surface area (Å²) < 4.78 is 30.6. The van der Waals surface area contributed by atoms with Crippen LogP contribution in [-0.4, -0.2) is 58.4 Å². The molecule has 0 spiro atoms. The average Bonchev–Trinajstić information content (AvgIpc) is 2.27. The van der Waals surface area contributed by atoms with E-state index in [0.717, 1.165) is 25.8 Å². The zero-order valence-corrected chi connectivity index (χ0v) is 10.9. The Hall–Kier alpha value is -0.170. The number of nitrogens with zero attached hydrogens (tertiary/aromatic N) is 1. The van der Waals surface area contributed by atoms with Gasteiger partial charge in [0.25, 0.3) is 0 Å². The predicted octanol–water partition coefficient (Wildman–Crippen LogP) is 0.0365. The SMILES string of the molecule is CNCC1CCCCN1S(=O)(=O)CCOC. The van der Waals surface area contributed by atoms with Crippen molar-refractivity contribution in [2.45, 2.75) is 25.3 Å². The first kappa shape index (κ1) is 13.9. The fraction of sp³-hybridized carbons (Fsp3) is 1.00. The van der Waals surface area contributed by atoms with Crippen LogP contribution < -0.4 is 5.32 Å². The summed E-state index contributed by atoms with van der Waals surface area (Å²) >= 11 is 0. The highest BCUT2D eigenvalue weighted by atomic mass is 32.2. The van der Waals surface area contributed by atoms with E-state index in [2.05, 4.69) is 5.32 Å². The number of hydrogen-bond donors (Lipinski definition) is 1. The lowest BCUT2D eigenvalue weighted by Gasteiger charge is -2.34. The highest BCUT2D eigenvalue weighted by Crippen LogP contribution is 2.20. The van der Waals surface area contributed by atoms with Gasteiger partial charge in [-0.1, -0.05) is 6.42 Å². The number of sulfonamides is 1. The summed E-state index contributed by atoms with van der Waals surface area (Å²) in [7, 11) is 0.232. The van der Waals surface area contributed by atoms with Crippen LogP contribution in [0.15, 0.2) is 0 Å². The normalized spacial score (nSPS) is 23.5. The van der Waals surface area contributed by atoms with Gasteiger partial charge < -0.3 is 10.1 Å². The van der Waals surface area contributed by atoms with Crippen molar-refractivity contribution in [3.8, 4) is 0 Å². The van der Waals surface area contributed by atoms with E-state index in [1.165, 1.54) is 7.11 Å². The minimum Gasteiger partial charge on any atom is -0.384 e. The number of nitrogens with one attached hydrogen (secondary N) is 1. The Balaban J connectivity index is 2.66. The second-order valence-electron chi connectivity index (χ2n) is 4.13. The summed E-state index contributed by atoms with van der Waals surface area (Å²) in [6, 6.07) is 0.112. The summed E-state index contributed by atoms with van der Waals surface area (Å²) in [5.74, 6) is 0.0870. The van der Waals surface area contributed by atoms with Gasteiger partial charge in [-0.2, -0.15) is 4.31 Å². The molecule has 5 nitrogen and oxygen atoms in total. The van der Waals surface area contributed by atoms with Crippen molar-refractivity contribution in [3.05, 3.63) is 0 Å². The Labute approximate surface area is 98.2 Å². The van der Waals surface area contributed by atoms with Gasteiger partial charge in [0.05, 0.1) is 12.4 Å². The number of likely N-dealkylation sites (N-methyl/N-ethyl adjacent to an activating group) is 1. The summed E-state index contributed by atoms with van der Waals surface area (Å²) in [5, 5.41) is 3.06. The monoisotopic (exact) mass is 250 g/mol. The van der Waals surface area contributed by atoms with Crippen molar-refractivity contribution in [3.63, 3.8) is 0 Å². The van der Waals surface area contributed by atoms with Gasteiger partial charge >= 0.3 is 0 Å². The molecule has 0 aromatic rings. The molecule has 1 heterocycles. The molecule has 1 rings (SSSR count). The summed E-state index contributed by atoms with van der Waals surface area (Å²) in [6.45, 7) is 1.65. The molecule has 6 heteroatoms. The maximum Gasteiger partial charge on any atom is 0.216 e. The molecule has 0 aliphatic carbocycles. The zero-order valence-electron chi connectivity index (χ0n) is 10.1. The van der Waals surface area contributed by atoms with Crippen LogP contribution in [0.25, 0.3) is 0 Å². The molecule has 16 heavy (non-hydrogen) atoms. The van der Waals surface area contributed by atoms with Gasteiger partial charge in [-0.3, -0.25) is 0 Å². The summed E-state index contributed by atoms with van der Waals surface area (Å²) in [6.07, 6.45) is 3.03. The van der Waals surface area contributed by atoms with Gasteiger partial charge in [-0.05, 0) is 19.9 Å². The van der Waals surface area contributed by atoms with Crippen LogP contribution in [0.3, 0.4) is 0 Å². The molecule has 0 bridgehead atoms. The largest absolute Gasteiger partial charge is 0.384 e. The van der Waals surface area contributed by atoms with Crippen molar-refractivity contribution in [2.75, 3.05) is 39.6 Å². The van der Waals surface area contributed by atoms with Crippen LogP contribution in [0.4, 0.5) is 0 Å². The summed E-state index contributed by atoms with van der Waals surface area (Å²) in [4.78, 5) is 0. The van der Waals surface area contributed by atoms with Crippen LogP contribution in [-0.2, 0) is 14.8 Å². The number of hydrogen-bond acceptors (Lipinski definition) is 4. The molecule has 0 saturated carbocycles. The van der Waals surface area contributed by atoms with Crippen molar-refractivity contribution < 1.29 is 13.2 Å². The van der Waals surface area contributed by atoms with E-state index in [0.29, 0.717) is 6.54 Å². The Kier molecular flexibility index (Phi) is 5.68. The lowest BCUT2D eigenvalue weighted by atomic mass is 10.1. The first-order valence-corrected chi connectivity index (χ1v) is 7.36. The van der Waals surface area contributed by atoms with Crippen molar-refractivity contribution in [2.24, 2.45) is 0 Å². The molecule has 0 aromatic carbocycles. The maximum absolute atomic E-state index is 12.0. The van der Waals surface area contributed by atoms with Gasteiger partial charge in [0.1, 0.15) is 0 Å². The first-order valence-electron chi connectivity index (χ1n) is 5.75. The van der Waals surface area contributed by atoms with Gasteiger partial charge in [0, 0.05) is 26.2 Å². The van der Waals surface area contributed by atoms with Gasteiger partial charge in [0.2, 0.25) is 10.0 Å². The number of piperidine rings is 1. The lowest BCUT2D eigenvalue weighted by molar-refractivity contribution is 0.209. The minimum atomic E-state index is -3.15. The third-order valence-corrected chi connectivity index (χ3v) is 4.79. The van der Waals surface area contributed by atoms with Gasteiger partial charge in [0.15, 0.2) is 0 Å². The van der Waals surface area contributed by atoms with Gasteiger partial charge in [-0.25, -0.2) is 8.42 Å². The van der Waals surface area contributed by atoms with E-state index in [1.807, 2.05) is 7.05 Å². The van der Waals surface area contributed by atoms with Crippen LogP contribution in [0.5, 0.6) is 0 Å². The molecule has 0 aromatic heterocycles. The Morgan fingerprint density at radius 3 is 2.81 bits per heavy atom. The first-order chi connectivity index (χ1) is 7.61. The highest BCUT2D eigenvalue weighted by Gasteiger charge is 2.31. The summed E-state index contributed by atoms with van der Waals surface area (Å²) in [5.41, 5.74) is 0. The standard InChI is InChI=1S/C10H22N2O3S/c1-11-9-10-5-3-4-6-12(10)16(13,14)8-7-15-2/h10-11H,3-9H2,1-2H3. The van der Waals surface area contributed by atoms with Crippen LogP contribution in [0, 0.1) is 0 Å². The van der Waals surface area contributed by atoms with E-state index in [1.54, 1.807) is 4.31 Å². The molecule has 1 fully saturated rings. The third-order valence-electron chi connectivity index (χ3n) is 2.92. The molecule has 0 amide bonds. The number of methoxy groups -OCH3 is 1. The second-order valence-corrected chi connectivity index (χ2v) is 6.17. The highest BCUT2D eigenvalue weighted by molar-refractivity contribution is 7.89. The molecular formula is C10H22N2O3S. The van der Waals surface area contributed by atoms with Crippen molar-refractivity contribution >= 4 is 10.0 Å². The number of ether oxygens (including phenoxy) is 1. The van der Waals surface area contributed by atoms with Crippen LogP contribution in [0.2, 0.25) is 0 Å². The molecule has 1 aliphatic heterocycles. The third kappa shape index (κ3) is 3.69. The number of rotatable bonds is 6. The predicted molar refractivity (Wildman–Crippen MR) is 63.9 cm³/mol. The van der Waals surface area contributed by atoms with E-state index >= 15 is 0 Å². The average molecular weight is 250 g/mol. The molecule has 1 atom stereocenters. The Morgan fingerprint density at radius 1 is 1.44 bits per heavy atom. The molecule has 1 unspecified atom stereocenters. The fourth-order valence-corrected chi connectivity index (χ4v) is 3.74. The molecule has 1 saturated heterocycles. The second kappa shape index (κ2) is 6.54. The fourth-order valence-electron chi connectivity index (χ4n) is 2.09. The van der Waals surface area contributed by atoms with Crippen LogP contribution in [0.1, 0.15) is 19.3 Å².